The van der Waals surface area contributed by atoms with E-state index in [2.05, 4.69) is 23.3 Å². The summed E-state index contributed by atoms with van der Waals surface area (Å²) in [6, 6.07) is 3.49. The zero-order valence-electron chi connectivity index (χ0n) is 21.5. The Morgan fingerprint density at radius 1 is 1.26 bits per heavy atom. The van der Waals surface area contributed by atoms with E-state index >= 15 is 0 Å². The van der Waals surface area contributed by atoms with Crippen molar-refractivity contribution < 1.29 is 24.2 Å². The van der Waals surface area contributed by atoms with E-state index in [-0.39, 0.29) is 35.8 Å². The minimum absolute atomic E-state index is 0.0742. The number of rotatable bonds is 12. The van der Waals surface area contributed by atoms with Crippen molar-refractivity contribution in [2.75, 3.05) is 20.7 Å². The van der Waals surface area contributed by atoms with Gasteiger partial charge in [-0.15, -0.1) is 0 Å². The molecule has 7 nitrogen and oxygen atoms in total. The van der Waals surface area contributed by atoms with Crippen LogP contribution in [0.2, 0.25) is 0 Å². The Morgan fingerprint density at radius 3 is 2.69 bits per heavy atom. The molecule has 1 fully saturated rings. The van der Waals surface area contributed by atoms with Crippen LogP contribution in [0, 0.1) is 17.8 Å². The number of allylic oxidation sites excluding steroid dienone is 1. The number of phenolic OH excluding ortho intramolecular Hbond substituents is 1. The summed E-state index contributed by atoms with van der Waals surface area (Å²) < 4.78 is 11.1. The lowest BCUT2D eigenvalue weighted by molar-refractivity contribution is -0.152. The number of aromatic hydroxyl groups is 1. The van der Waals surface area contributed by atoms with Gasteiger partial charge >= 0.3 is 5.97 Å². The number of carbonyl (C=O) groups is 2. The van der Waals surface area contributed by atoms with Crippen LogP contribution >= 0.6 is 0 Å². The standard InChI is InChI=1S/C28H40N2O5/c1-5-19-6-9-24(21-10-11-30-17-21)25(12-19)27(35-18(2)31)15-23(32)8-7-20-14-28(34-4)26(33)13-22(20)16-29-3/h10,13-14,17,19,24-25,27,29,33H,5-9,11-12,15-16H2,1-4H3. The van der Waals surface area contributed by atoms with E-state index in [1.54, 1.807) is 12.1 Å². The number of esters is 1. The van der Waals surface area contributed by atoms with Gasteiger partial charge in [0.1, 0.15) is 11.9 Å². The van der Waals surface area contributed by atoms with Crippen LogP contribution in [0.4, 0.5) is 0 Å². The normalized spacial score (nSPS) is 22.5. The maximum Gasteiger partial charge on any atom is 0.302 e. The topological polar surface area (TPSA) is 97.2 Å². The van der Waals surface area contributed by atoms with Gasteiger partial charge in [-0.25, -0.2) is 0 Å². The SMILES string of the molecule is CCC1CCC(C2=CCN=C2)C(C(CC(=O)CCc2cc(OC)c(O)cc2CNC)OC(C)=O)C1. The van der Waals surface area contributed by atoms with E-state index < -0.39 is 6.10 Å². The molecule has 1 saturated carbocycles. The molecular formula is C28H40N2O5. The smallest absolute Gasteiger partial charge is 0.302 e. The summed E-state index contributed by atoms with van der Waals surface area (Å²) in [6.45, 7) is 4.92. The second-order valence-corrected chi connectivity index (χ2v) is 9.77. The van der Waals surface area contributed by atoms with Crippen LogP contribution in [-0.2, 0) is 27.3 Å². The molecule has 1 aromatic carbocycles. The molecule has 0 aromatic heterocycles. The van der Waals surface area contributed by atoms with Gasteiger partial charge in [0.15, 0.2) is 11.5 Å². The van der Waals surface area contributed by atoms with Crippen LogP contribution in [0.1, 0.15) is 63.5 Å². The predicted octanol–water partition coefficient (Wildman–Crippen LogP) is 4.40. The summed E-state index contributed by atoms with van der Waals surface area (Å²) in [5.74, 6) is 1.18. The average Bonchev–Trinajstić information content (AvgIpc) is 3.37. The molecule has 2 N–H and O–H groups in total. The Bertz CT molecular complexity index is 955. The quantitative estimate of drug-likeness (QED) is 0.427. The number of aliphatic imine (C=N–C) groups is 1. The van der Waals surface area contributed by atoms with Crippen molar-refractivity contribution in [1.29, 1.82) is 0 Å². The first-order valence-electron chi connectivity index (χ1n) is 12.8. The minimum atomic E-state index is -0.430. The van der Waals surface area contributed by atoms with Gasteiger partial charge < -0.3 is 19.9 Å². The maximum atomic E-state index is 13.2. The fraction of sp³-hybridized carbons (Fsp3) is 0.607. The Labute approximate surface area is 209 Å². The molecule has 1 aliphatic carbocycles. The van der Waals surface area contributed by atoms with E-state index in [4.69, 9.17) is 9.47 Å². The second-order valence-electron chi connectivity index (χ2n) is 9.77. The van der Waals surface area contributed by atoms with Crippen LogP contribution < -0.4 is 10.1 Å². The number of phenols is 1. The van der Waals surface area contributed by atoms with E-state index in [0.717, 1.165) is 36.8 Å². The van der Waals surface area contributed by atoms with Crippen molar-refractivity contribution in [3.05, 3.63) is 34.9 Å². The first-order valence-corrected chi connectivity index (χ1v) is 12.8. The summed E-state index contributed by atoms with van der Waals surface area (Å²) in [6.07, 6.45) is 9.01. The number of nitrogens with one attached hydrogen (secondary N) is 1. The number of Topliss-reactive ketones (excluding diaryl/α,β-unsaturated/α-hetero) is 1. The highest BCUT2D eigenvalue weighted by molar-refractivity contribution is 5.82. The highest BCUT2D eigenvalue weighted by atomic mass is 16.5. The van der Waals surface area contributed by atoms with Crippen LogP contribution in [0.3, 0.4) is 0 Å². The summed E-state index contributed by atoms with van der Waals surface area (Å²) in [5.41, 5.74) is 3.11. The van der Waals surface area contributed by atoms with Crippen molar-refractivity contribution in [3.8, 4) is 11.5 Å². The first-order chi connectivity index (χ1) is 16.9. The largest absolute Gasteiger partial charge is 0.504 e. The molecule has 35 heavy (non-hydrogen) atoms. The average molecular weight is 485 g/mol. The zero-order chi connectivity index (χ0) is 25.4. The van der Waals surface area contributed by atoms with Gasteiger partial charge in [0.2, 0.25) is 0 Å². The van der Waals surface area contributed by atoms with E-state index in [1.165, 1.54) is 19.6 Å². The molecule has 0 bridgehead atoms. The van der Waals surface area contributed by atoms with Gasteiger partial charge in [0, 0.05) is 38.4 Å². The van der Waals surface area contributed by atoms with Crippen LogP contribution in [-0.4, -0.2) is 49.9 Å². The van der Waals surface area contributed by atoms with Crippen molar-refractivity contribution in [2.45, 2.75) is 71.4 Å². The highest BCUT2D eigenvalue weighted by Crippen LogP contribution is 2.43. The molecular weight excluding hydrogens is 444 g/mol. The van der Waals surface area contributed by atoms with Crippen molar-refractivity contribution >= 4 is 18.0 Å². The number of ether oxygens (including phenoxy) is 2. The molecule has 1 aromatic rings. The van der Waals surface area contributed by atoms with E-state index in [9.17, 15) is 14.7 Å². The molecule has 1 aliphatic heterocycles. The molecule has 4 unspecified atom stereocenters. The number of nitrogens with zero attached hydrogens (tertiary/aromatic N) is 1. The van der Waals surface area contributed by atoms with E-state index in [1.807, 2.05) is 13.3 Å². The third-order valence-corrected chi connectivity index (χ3v) is 7.45. The summed E-state index contributed by atoms with van der Waals surface area (Å²) in [7, 11) is 3.36. The van der Waals surface area contributed by atoms with Crippen molar-refractivity contribution in [3.63, 3.8) is 0 Å². The van der Waals surface area contributed by atoms with Crippen LogP contribution in [0.25, 0.3) is 0 Å². The molecule has 0 radical (unpaired) electrons. The molecule has 192 valence electrons. The molecule has 2 aliphatic rings. The Hall–Kier alpha value is -2.67. The van der Waals surface area contributed by atoms with Gasteiger partial charge in [-0.05, 0) is 73.4 Å². The summed E-state index contributed by atoms with van der Waals surface area (Å²) in [4.78, 5) is 29.6. The second kappa shape index (κ2) is 12.9. The highest BCUT2D eigenvalue weighted by Gasteiger charge is 2.39. The monoisotopic (exact) mass is 484 g/mol. The fourth-order valence-electron chi connectivity index (χ4n) is 5.61. The number of aryl methyl sites for hydroxylation is 1. The lowest BCUT2D eigenvalue weighted by Gasteiger charge is -2.40. The zero-order valence-corrected chi connectivity index (χ0v) is 21.5. The lowest BCUT2D eigenvalue weighted by atomic mass is 9.67. The molecule has 4 atom stereocenters. The van der Waals surface area contributed by atoms with Gasteiger partial charge in [-0.2, -0.15) is 0 Å². The number of methoxy groups -OCH3 is 1. The third-order valence-electron chi connectivity index (χ3n) is 7.45. The molecule has 0 spiro atoms. The van der Waals surface area contributed by atoms with Crippen LogP contribution in [0.15, 0.2) is 28.8 Å². The van der Waals surface area contributed by atoms with Gasteiger partial charge in [-0.1, -0.05) is 19.4 Å². The lowest BCUT2D eigenvalue weighted by Crippen LogP contribution is -2.38. The third kappa shape index (κ3) is 7.17. The Kier molecular flexibility index (Phi) is 9.90. The molecule has 0 saturated heterocycles. The van der Waals surface area contributed by atoms with Gasteiger partial charge in [0.25, 0.3) is 0 Å². The number of ketones is 1. The van der Waals surface area contributed by atoms with E-state index in [0.29, 0.717) is 37.6 Å². The predicted molar refractivity (Wildman–Crippen MR) is 137 cm³/mol. The van der Waals surface area contributed by atoms with Crippen molar-refractivity contribution in [2.24, 2.45) is 22.7 Å². The molecule has 3 rings (SSSR count). The fourth-order valence-corrected chi connectivity index (χ4v) is 5.61. The van der Waals surface area contributed by atoms with Crippen LogP contribution in [0.5, 0.6) is 11.5 Å². The number of hydrogen-bond acceptors (Lipinski definition) is 7. The summed E-state index contributed by atoms with van der Waals surface area (Å²) >= 11 is 0. The Balaban J connectivity index is 1.75. The number of benzene rings is 1. The molecule has 1 heterocycles. The van der Waals surface area contributed by atoms with Crippen molar-refractivity contribution in [1.82, 2.24) is 5.32 Å². The number of carbonyl (C=O) groups excluding carboxylic acids is 2. The van der Waals surface area contributed by atoms with Gasteiger partial charge in [-0.3, -0.25) is 14.6 Å². The summed E-state index contributed by atoms with van der Waals surface area (Å²) in [5, 5.41) is 13.2. The maximum absolute atomic E-state index is 13.2. The van der Waals surface area contributed by atoms with Gasteiger partial charge in [0.05, 0.1) is 13.7 Å². The molecule has 7 heteroatoms. The molecule has 0 amide bonds. The number of hydrogen-bond donors (Lipinski definition) is 2. The Morgan fingerprint density at radius 2 is 2.06 bits per heavy atom. The minimum Gasteiger partial charge on any atom is -0.504 e. The first kappa shape index (κ1) is 26.9.